The Bertz CT molecular complexity index is 444. The maximum Gasteiger partial charge on any atom is 0.471 e. The molecule has 0 unspecified atom stereocenters. The molecule has 1 amide bonds. The molecule has 1 aliphatic heterocycles. The first-order valence-corrected chi connectivity index (χ1v) is 4.89. The first kappa shape index (κ1) is 11.3. The molecule has 0 aliphatic carbocycles. The van der Waals surface area contributed by atoms with E-state index in [0.29, 0.717) is 16.1 Å². The zero-order valence-corrected chi connectivity index (χ0v) is 8.77. The van der Waals surface area contributed by atoms with Crippen molar-refractivity contribution < 1.29 is 18.0 Å². The molecule has 0 saturated carbocycles. The number of carbonyl (C=O) groups is 1. The van der Waals surface area contributed by atoms with Crippen molar-refractivity contribution in [3.8, 4) is 0 Å². The Morgan fingerprint density at radius 2 is 1.88 bits per heavy atom. The van der Waals surface area contributed by atoms with Crippen molar-refractivity contribution in [2.75, 3.05) is 0 Å². The maximum absolute atomic E-state index is 12.2. The Balaban J connectivity index is 2.20. The van der Waals surface area contributed by atoms with E-state index < -0.39 is 12.1 Å². The number of carbonyl (C=O) groups excluding carboxylic acids is 1. The predicted octanol–water partition coefficient (Wildman–Crippen LogP) is 2.74. The van der Waals surface area contributed by atoms with Crippen LogP contribution in [0.1, 0.15) is 11.1 Å². The van der Waals surface area contributed by atoms with Gasteiger partial charge in [0.05, 0.1) is 0 Å². The molecule has 0 bridgehead atoms. The third kappa shape index (κ3) is 2.00. The number of hydrogen-bond acceptors (Lipinski definition) is 1. The highest BCUT2D eigenvalue weighted by Gasteiger charge is 2.43. The number of halogens is 4. The summed E-state index contributed by atoms with van der Waals surface area (Å²) in [6, 6.07) is 4.82. The summed E-state index contributed by atoms with van der Waals surface area (Å²) in [7, 11) is 0. The minimum absolute atomic E-state index is 0.00908. The first-order valence-electron chi connectivity index (χ1n) is 4.51. The number of benzene rings is 1. The Hall–Kier alpha value is -1.23. The van der Waals surface area contributed by atoms with Gasteiger partial charge in [-0.25, -0.2) is 0 Å². The highest BCUT2D eigenvalue weighted by Crippen LogP contribution is 2.29. The number of rotatable bonds is 0. The van der Waals surface area contributed by atoms with Gasteiger partial charge in [0, 0.05) is 18.1 Å². The van der Waals surface area contributed by atoms with Gasteiger partial charge in [0.2, 0.25) is 0 Å². The molecule has 1 aromatic rings. The van der Waals surface area contributed by atoms with Gasteiger partial charge in [0.1, 0.15) is 0 Å². The lowest BCUT2D eigenvalue weighted by Gasteiger charge is -2.16. The second-order valence-corrected chi connectivity index (χ2v) is 4.01. The lowest BCUT2D eigenvalue weighted by molar-refractivity contribution is -0.186. The maximum atomic E-state index is 12.2. The molecule has 2 nitrogen and oxygen atoms in total. The minimum Gasteiger partial charge on any atom is -0.326 e. The fourth-order valence-electron chi connectivity index (χ4n) is 1.69. The number of nitrogens with zero attached hydrogens (tertiary/aromatic N) is 1. The van der Waals surface area contributed by atoms with E-state index in [1.165, 1.54) is 0 Å². The van der Waals surface area contributed by atoms with E-state index in [-0.39, 0.29) is 13.1 Å². The van der Waals surface area contributed by atoms with Crippen LogP contribution in [0.25, 0.3) is 0 Å². The third-order valence-electron chi connectivity index (χ3n) is 2.42. The summed E-state index contributed by atoms with van der Waals surface area (Å²) in [4.78, 5) is 11.8. The Morgan fingerprint density at radius 1 is 1.25 bits per heavy atom. The van der Waals surface area contributed by atoms with Gasteiger partial charge in [-0.05, 0) is 23.3 Å². The summed E-state index contributed by atoms with van der Waals surface area (Å²) in [5.74, 6) is -1.81. The van der Waals surface area contributed by atoms with Crippen LogP contribution in [-0.4, -0.2) is 17.0 Å². The van der Waals surface area contributed by atoms with Crippen LogP contribution in [0.15, 0.2) is 18.2 Å². The first-order chi connectivity index (χ1) is 7.38. The number of amides is 1. The van der Waals surface area contributed by atoms with Gasteiger partial charge in [0.25, 0.3) is 0 Å². The highest BCUT2D eigenvalue weighted by molar-refractivity contribution is 6.30. The summed E-state index contributed by atoms with van der Waals surface area (Å²) >= 11 is 5.71. The number of alkyl halides is 3. The van der Waals surface area contributed by atoms with Crippen molar-refractivity contribution in [3.05, 3.63) is 34.3 Å². The molecule has 16 heavy (non-hydrogen) atoms. The van der Waals surface area contributed by atoms with E-state index in [2.05, 4.69) is 0 Å². The molecule has 86 valence electrons. The number of hydrogen-bond donors (Lipinski definition) is 0. The monoisotopic (exact) mass is 249 g/mol. The largest absolute Gasteiger partial charge is 0.471 e. The van der Waals surface area contributed by atoms with Crippen LogP contribution >= 0.6 is 11.6 Å². The summed E-state index contributed by atoms with van der Waals surface area (Å²) < 4.78 is 36.6. The zero-order valence-electron chi connectivity index (χ0n) is 8.01. The van der Waals surface area contributed by atoms with Crippen LogP contribution in [0.4, 0.5) is 13.2 Å². The number of fused-ring (bicyclic) bond motifs is 1. The predicted molar refractivity (Wildman–Crippen MR) is 51.8 cm³/mol. The molecular weight excluding hydrogens is 243 g/mol. The van der Waals surface area contributed by atoms with E-state index in [4.69, 9.17) is 11.6 Å². The van der Waals surface area contributed by atoms with E-state index in [0.717, 1.165) is 4.90 Å². The molecular formula is C10H7ClF3NO. The second-order valence-electron chi connectivity index (χ2n) is 3.57. The normalized spacial score (nSPS) is 15.1. The minimum atomic E-state index is -4.81. The van der Waals surface area contributed by atoms with Gasteiger partial charge in [-0.15, -0.1) is 0 Å². The summed E-state index contributed by atoms with van der Waals surface area (Å²) in [5.41, 5.74) is 1.38. The molecule has 0 fully saturated rings. The lowest BCUT2D eigenvalue weighted by Crippen LogP contribution is -2.37. The lowest BCUT2D eigenvalue weighted by atomic mass is 10.1. The van der Waals surface area contributed by atoms with Crippen LogP contribution in [0.2, 0.25) is 5.02 Å². The summed E-state index contributed by atoms with van der Waals surface area (Å²) in [6.45, 7) is -0.0426. The van der Waals surface area contributed by atoms with Gasteiger partial charge in [0.15, 0.2) is 0 Å². The molecule has 1 aliphatic rings. The molecule has 6 heteroatoms. The van der Waals surface area contributed by atoms with Crippen LogP contribution < -0.4 is 0 Å². The van der Waals surface area contributed by atoms with Crippen molar-refractivity contribution >= 4 is 17.5 Å². The highest BCUT2D eigenvalue weighted by atomic mass is 35.5. The Morgan fingerprint density at radius 3 is 2.50 bits per heavy atom. The van der Waals surface area contributed by atoms with Gasteiger partial charge in [-0.3, -0.25) is 4.79 Å². The van der Waals surface area contributed by atoms with Crippen molar-refractivity contribution in [1.29, 1.82) is 0 Å². The van der Waals surface area contributed by atoms with Crippen molar-refractivity contribution in [3.63, 3.8) is 0 Å². The quantitative estimate of drug-likeness (QED) is 0.692. The van der Waals surface area contributed by atoms with Crippen LogP contribution in [0, 0.1) is 0 Å². The topological polar surface area (TPSA) is 20.3 Å². The summed E-state index contributed by atoms with van der Waals surface area (Å²) in [5, 5.41) is 0.458. The van der Waals surface area contributed by atoms with Crippen molar-refractivity contribution in [2.24, 2.45) is 0 Å². The van der Waals surface area contributed by atoms with Gasteiger partial charge >= 0.3 is 12.1 Å². The molecule has 1 aromatic carbocycles. The van der Waals surface area contributed by atoms with Gasteiger partial charge < -0.3 is 4.90 Å². The van der Waals surface area contributed by atoms with E-state index >= 15 is 0 Å². The SMILES string of the molecule is O=C(N1Cc2ccc(Cl)cc2C1)C(F)(F)F. The molecule has 0 radical (unpaired) electrons. The smallest absolute Gasteiger partial charge is 0.326 e. The third-order valence-corrected chi connectivity index (χ3v) is 2.66. The molecule has 0 spiro atoms. The molecule has 0 aromatic heterocycles. The van der Waals surface area contributed by atoms with Crippen molar-refractivity contribution in [1.82, 2.24) is 4.90 Å². The van der Waals surface area contributed by atoms with E-state index in [9.17, 15) is 18.0 Å². The van der Waals surface area contributed by atoms with Crippen molar-refractivity contribution in [2.45, 2.75) is 19.3 Å². The second kappa shape index (κ2) is 3.66. The van der Waals surface area contributed by atoms with Gasteiger partial charge in [-0.1, -0.05) is 17.7 Å². The van der Waals surface area contributed by atoms with Crippen LogP contribution in [0.3, 0.4) is 0 Å². The molecule has 0 N–H and O–H groups in total. The van der Waals surface area contributed by atoms with E-state index in [1.807, 2.05) is 0 Å². The molecule has 1 heterocycles. The Labute approximate surface area is 94.6 Å². The zero-order chi connectivity index (χ0) is 11.9. The molecule has 0 atom stereocenters. The van der Waals surface area contributed by atoms with E-state index in [1.54, 1.807) is 18.2 Å². The fourth-order valence-corrected chi connectivity index (χ4v) is 1.88. The Kier molecular flexibility index (Phi) is 2.58. The molecule has 0 saturated heterocycles. The van der Waals surface area contributed by atoms with Crippen LogP contribution in [0.5, 0.6) is 0 Å². The average molecular weight is 250 g/mol. The average Bonchev–Trinajstić information content (AvgIpc) is 2.57. The summed E-state index contributed by atoms with van der Waals surface area (Å²) in [6.07, 6.45) is -4.81. The van der Waals surface area contributed by atoms with Crippen LogP contribution in [-0.2, 0) is 17.9 Å². The molecule has 2 rings (SSSR count). The van der Waals surface area contributed by atoms with Gasteiger partial charge in [-0.2, -0.15) is 13.2 Å². The standard InChI is InChI=1S/C10H7ClF3NO/c11-8-2-1-6-4-15(5-7(6)3-8)9(16)10(12,13)14/h1-3H,4-5H2. The fraction of sp³-hybridized carbons (Fsp3) is 0.300.